The van der Waals surface area contributed by atoms with Crippen LogP contribution in [0, 0.1) is 0 Å². The monoisotopic (exact) mass is 266 g/mol. The van der Waals surface area contributed by atoms with Gasteiger partial charge in [0.05, 0.1) is 0 Å². The molecule has 0 spiro atoms. The molecular formula is C17H14O3. The summed E-state index contributed by atoms with van der Waals surface area (Å²) in [7, 11) is 0. The lowest BCUT2D eigenvalue weighted by Crippen LogP contribution is -2.12. The summed E-state index contributed by atoms with van der Waals surface area (Å²) in [5.74, 6) is 1.22. The van der Waals surface area contributed by atoms with Crippen LogP contribution in [0.4, 0.5) is 0 Å². The Balaban J connectivity index is 1.79. The Morgan fingerprint density at radius 2 is 1.80 bits per heavy atom. The maximum absolute atomic E-state index is 11.3. The summed E-state index contributed by atoms with van der Waals surface area (Å²) in [4.78, 5) is 11.3. The summed E-state index contributed by atoms with van der Waals surface area (Å²) in [6.07, 6.45) is 3.76. The van der Waals surface area contributed by atoms with E-state index in [0.717, 1.165) is 17.1 Å². The highest BCUT2D eigenvalue weighted by Gasteiger charge is 2.18. The zero-order valence-corrected chi connectivity index (χ0v) is 10.9. The average molecular weight is 266 g/mol. The second kappa shape index (κ2) is 5.61. The van der Waals surface area contributed by atoms with Gasteiger partial charge in [-0.15, -0.1) is 0 Å². The lowest BCUT2D eigenvalue weighted by atomic mass is 10.0. The summed E-state index contributed by atoms with van der Waals surface area (Å²) in [5, 5.41) is 0. The second-order valence-corrected chi connectivity index (χ2v) is 4.55. The average Bonchev–Trinajstić information content (AvgIpc) is 2.49. The molecule has 0 saturated carbocycles. The fourth-order valence-electron chi connectivity index (χ4n) is 2.12. The van der Waals surface area contributed by atoms with Crippen LogP contribution in [0.3, 0.4) is 0 Å². The Morgan fingerprint density at radius 1 is 1.00 bits per heavy atom. The third-order valence-corrected chi connectivity index (χ3v) is 3.07. The number of carbonyl (C=O) groups is 1. The first-order valence-electron chi connectivity index (χ1n) is 6.51. The summed E-state index contributed by atoms with van der Waals surface area (Å²) in [6, 6.07) is 17.2. The molecule has 0 fully saturated rings. The van der Waals surface area contributed by atoms with Gasteiger partial charge in [-0.1, -0.05) is 36.4 Å². The van der Waals surface area contributed by atoms with Crippen LogP contribution in [0.5, 0.6) is 11.5 Å². The Kier molecular flexibility index (Phi) is 3.50. The van der Waals surface area contributed by atoms with Crippen LogP contribution >= 0.6 is 0 Å². The van der Waals surface area contributed by atoms with Gasteiger partial charge in [0.1, 0.15) is 17.6 Å². The second-order valence-electron chi connectivity index (χ2n) is 4.55. The predicted octanol–water partition coefficient (Wildman–Crippen LogP) is 4.02. The van der Waals surface area contributed by atoms with Crippen molar-refractivity contribution in [2.45, 2.75) is 12.5 Å². The Labute approximate surface area is 117 Å². The fraction of sp³-hybridized carbons (Fsp3) is 0.118. The van der Waals surface area contributed by atoms with Crippen LogP contribution in [-0.4, -0.2) is 5.97 Å². The van der Waals surface area contributed by atoms with Gasteiger partial charge < -0.3 is 9.47 Å². The summed E-state index contributed by atoms with van der Waals surface area (Å²) in [5.41, 5.74) is 0.941. The Bertz CT molecular complexity index is 632. The van der Waals surface area contributed by atoms with Crippen LogP contribution in [0.15, 0.2) is 66.7 Å². The minimum Gasteiger partial charge on any atom is -0.457 e. The largest absolute Gasteiger partial charge is 0.457 e. The molecule has 2 aromatic rings. The van der Waals surface area contributed by atoms with Crippen molar-refractivity contribution in [3.8, 4) is 11.5 Å². The molecule has 1 aliphatic heterocycles. The molecule has 2 aromatic carbocycles. The van der Waals surface area contributed by atoms with Crippen LogP contribution in [0.1, 0.15) is 18.1 Å². The van der Waals surface area contributed by atoms with E-state index in [-0.39, 0.29) is 12.1 Å². The molecule has 0 bridgehead atoms. The van der Waals surface area contributed by atoms with E-state index < -0.39 is 0 Å². The highest BCUT2D eigenvalue weighted by molar-refractivity contribution is 5.82. The number of hydrogen-bond acceptors (Lipinski definition) is 3. The topological polar surface area (TPSA) is 35.5 Å². The van der Waals surface area contributed by atoms with Gasteiger partial charge in [0, 0.05) is 12.5 Å². The van der Waals surface area contributed by atoms with Crippen molar-refractivity contribution in [3.05, 3.63) is 72.3 Å². The molecule has 0 radical (unpaired) electrons. The third kappa shape index (κ3) is 2.88. The standard InChI is InChI=1S/C17H14O3/c18-17-11-5-10-16(20-17)13-6-4-9-15(12-13)19-14-7-2-1-3-8-14/h1-9,11-12,16H,10H2/t16-/m1/s1. The van der Waals surface area contributed by atoms with Crippen molar-refractivity contribution < 1.29 is 14.3 Å². The molecule has 0 aliphatic carbocycles. The Hall–Kier alpha value is -2.55. The van der Waals surface area contributed by atoms with Crippen LogP contribution in [0.2, 0.25) is 0 Å². The zero-order chi connectivity index (χ0) is 13.8. The van der Waals surface area contributed by atoms with Gasteiger partial charge in [0.15, 0.2) is 0 Å². The minimum absolute atomic E-state index is 0.230. The molecule has 1 aliphatic rings. The number of ether oxygens (including phenoxy) is 2. The summed E-state index contributed by atoms with van der Waals surface area (Å²) in [6.45, 7) is 0. The van der Waals surface area contributed by atoms with Gasteiger partial charge in [-0.2, -0.15) is 0 Å². The minimum atomic E-state index is -0.296. The lowest BCUT2D eigenvalue weighted by molar-refractivity contribution is -0.144. The normalized spacial score (nSPS) is 17.6. The van der Waals surface area contributed by atoms with Crippen LogP contribution in [0.25, 0.3) is 0 Å². The van der Waals surface area contributed by atoms with E-state index in [1.807, 2.05) is 60.7 Å². The number of rotatable bonds is 3. The van der Waals surface area contributed by atoms with E-state index >= 15 is 0 Å². The molecule has 1 atom stereocenters. The molecule has 100 valence electrons. The van der Waals surface area contributed by atoms with Crippen LogP contribution in [-0.2, 0) is 9.53 Å². The van der Waals surface area contributed by atoms with Crippen molar-refractivity contribution in [1.29, 1.82) is 0 Å². The quantitative estimate of drug-likeness (QED) is 0.787. The first-order valence-corrected chi connectivity index (χ1v) is 6.51. The molecule has 0 saturated heterocycles. The number of benzene rings is 2. The zero-order valence-electron chi connectivity index (χ0n) is 10.9. The van der Waals surface area contributed by atoms with E-state index in [2.05, 4.69) is 0 Å². The highest BCUT2D eigenvalue weighted by Crippen LogP contribution is 2.29. The smallest absolute Gasteiger partial charge is 0.331 e. The van der Waals surface area contributed by atoms with E-state index in [9.17, 15) is 4.79 Å². The highest BCUT2D eigenvalue weighted by atomic mass is 16.5. The van der Waals surface area contributed by atoms with Crippen LogP contribution < -0.4 is 4.74 Å². The molecule has 3 rings (SSSR count). The first kappa shape index (κ1) is 12.5. The van der Waals surface area contributed by atoms with Crippen molar-refractivity contribution in [2.24, 2.45) is 0 Å². The van der Waals surface area contributed by atoms with E-state index in [1.165, 1.54) is 6.08 Å². The van der Waals surface area contributed by atoms with Gasteiger partial charge in [0.2, 0.25) is 0 Å². The molecule has 20 heavy (non-hydrogen) atoms. The molecule has 3 heteroatoms. The number of hydrogen-bond donors (Lipinski definition) is 0. The molecule has 0 N–H and O–H groups in total. The molecule has 0 aromatic heterocycles. The maximum Gasteiger partial charge on any atom is 0.331 e. The SMILES string of the molecule is O=C1C=CC[C@H](c2cccc(Oc3ccccc3)c2)O1. The fourth-order valence-corrected chi connectivity index (χ4v) is 2.12. The third-order valence-electron chi connectivity index (χ3n) is 3.07. The lowest BCUT2D eigenvalue weighted by Gasteiger charge is -2.19. The number of para-hydroxylation sites is 1. The van der Waals surface area contributed by atoms with E-state index in [0.29, 0.717) is 6.42 Å². The summed E-state index contributed by atoms with van der Waals surface area (Å²) >= 11 is 0. The molecule has 0 amide bonds. The molecule has 1 heterocycles. The maximum atomic E-state index is 11.3. The van der Waals surface area contributed by atoms with Crippen molar-refractivity contribution in [2.75, 3.05) is 0 Å². The Morgan fingerprint density at radius 3 is 2.60 bits per heavy atom. The molecule has 0 unspecified atom stereocenters. The first-order chi connectivity index (χ1) is 9.81. The number of cyclic esters (lactones) is 1. The number of esters is 1. The van der Waals surface area contributed by atoms with E-state index in [1.54, 1.807) is 0 Å². The van der Waals surface area contributed by atoms with Crippen molar-refractivity contribution in [1.82, 2.24) is 0 Å². The summed E-state index contributed by atoms with van der Waals surface area (Å²) < 4.78 is 11.1. The predicted molar refractivity (Wildman–Crippen MR) is 75.5 cm³/mol. The van der Waals surface area contributed by atoms with Gasteiger partial charge in [-0.25, -0.2) is 4.79 Å². The van der Waals surface area contributed by atoms with Gasteiger partial charge in [-0.05, 0) is 29.8 Å². The van der Waals surface area contributed by atoms with Gasteiger partial charge in [0.25, 0.3) is 0 Å². The molecule has 3 nitrogen and oxygen atoms in total. The van der Waals surface area contributed by atoms with Gasteiger partial charge in [-0.3, -0.25) is 0 Å². The van der Waals surface area contributed by atoms with E-state index in [4.69, 9.17) is 9.47 Å². The molecular weight excluding hydrogens is 252 g/mol. The van der Waals surface area contributed by atoms with Crippen molar-refractivity contribution >= 4 is 5.97 Å². The number of carbonyl (C=O) groups excluding carboxylic acids is 1. The van der Waals surface area contributed by atoms with Gasteiger partial charge >= 0.3 is 5.97 Å². The van der Waals surface area contributed by atoms with Crippen molar-refractivity contribution in [3.63, 3.8) is 0 Å².